The molecule has 0 fully saturated rings. The predicted molar refractivity (Wildman–Crippen MR) is 93.4 cm³/mol. The monoisotopic (exact) mass is 438 g/mol. The Morgan fingerprint density at radius 3 is 2.19 bits per heavy atom. The summed E-state index contributed by atoms with van der Waals surface area (Å²) in [5.41, 5.74) is -0.865. The lowest BCUT2D eigenvalue weighted by atomic mass is 9.52. The molecule has 0 atom stereocenters. The average Bonchev–Trinajstić information content (AvgIpc) is 2.87. The largest absolute Gasteiger partial charge is 0.586 e. The second-order valence-corrected chi connectivity index (χ2v) is 5.95. The number of carbonyl (C=O) groups is 1. The molecular formula is C16H6B3F5O7. The van der Waals surface area contributed by atoms with Crippen LogP contribution in [0.1, 0.15) is 10.4 Å². The van der Waals surface area contributed by atoms with E-state index in [-0.39, 0.29) is 0 Å². The number of halogens is 5. The Balaban J connectivity index is 2.03. The molecule has 1 N–H and O–H groups in total. The Kier molecular flexibility index (Phi) is 5.40. The summed E-state index contributed by atoms with van der Waals surface area (Å²) >= 11 is 0. The minimum atomic E-state index is -5.05. The lowest BCUT2D eigenvalue weighted by Gasteiger charge is -2.25. The first-order valence-corrected chi connectivity index (χ1v) is 7.93. The van der Waals surface area contributed by atoms with Crippen LogP contribution < -0.4 is 23.7 Å². The van der Waals surface area contributed by atoms with Crippen LogP contribution in [0.15, 0.2) is 30.3 Å². The molecule has 1 heterocycles. The summed E-state index contributed by atoms with van der Waals surface area (Å²) in [4.78, 5) is 11.6. The molecule has 0 aliphatic carbocycles. The number of rotatable bonds is 6. The number of ether oxygens (including phenoxy) is 5. The Morgan fingerprint density at radius 2 is 1.61 bits per heavy atom. The fraction of sp³-hybridized carbons (Fsp3) is 0.188. The molecule has 31 heavy (non-hydrogen) atoms. The Morgan fingerprint density at radius 1 is 0.968 bits per heavy atom. The van der Waals surface area contributed by atoms with Crippen molar-refractivity contribution in [3.63, 3.8) is 0 Å². The van der Waals surface area contributed by atoms with E-state index in [0.717, 1.165) is 24.3 Å². The fourth-order valence-electron chi connectivity index (χ4n) is 2.44. The van der Waals surface area contributed by atoms with Crippen molar-refractivity contribution in [2.24, 2.45) is 0 Å². The van der Waals surface area contributed by atoms with Crippen LogP contribution in [0.3, 0.4) is 0 Å². The van der Waals surface area contributed by atoms with Gasteiger partial charge in [0, 0.05) is 6.07 Å². The van der Waals surface area contributed by atoms with Gasteiger partial charge in [0.2, 0.25) is 0 Å². The molecule has 1 aliphatic heterocycles. The maximum atomic E-state index is 13.3. The number of aromatic carboxylic acids is 1. The summed E-state index contributed by atoms with van der Waals surface area (Å²) in [7, 11) is 15.9. The molecule has 1 aliphatic rings. The number of carboxylic acid groups (broad SMARTS) is 1. The molecule has 3 rings (SSSR count). The van der Waals surface area contributed by atoms with Crippen molar-refractivity contribution in [2.45, 2.75) is 18.0 Å². The van der Waals surface area contributed by atoms with Crippen LogP contribution in [-0.4, -0.2) is 52.6 Å². The first-order valence-electron chi connectivity index (χ1n) is 7.93. The van der Waals surface area contributed by atoms with E-state index < -0.39 is 64.0 Å². The highest BCUT2D eigenvalue weighted by molar-refractivity contribution is 6.58. The molecule has 0 saturated heterocycles. The molecule has 0 bridgehead atoms. The quantitative estimate of drug-likeness (QED) is 0.549. The van der Waals surface area contributed by atoms with Crippen LogP contribution in [-0.2, 0) is 0 Å². The zero-order valence-corrected chi connectivity index (χ0v) is 14.9. The third-order valence-electron chi connectivity index (χ3n) is 3.40. The summed E-state index contributed by atoms with van der Waals surface area (Å²) in [5.74, 6) is -5.51. The number of benzene rings is 2. The van der Waals surface area contributed by atoms with Crippen molar-refractivity contribution in [3.05, 3.63) is 35.9 Å². The number of hydrogen-bond acceptors (Lipinski definition) is 6. The summed E-state index contributed by atoms with van der Waals surface area (Å²) in [5, 5.41) is 7.02. The lowest BCUT2D eigenvalue weighted by molar-refractivity contribution is -0.286. The minimum Gasteiger partial charge on any atom is -0.512 e. The zero-order valence-electron chi connectivity index (χ0n) is 14.9. The van der Waals surface area contributed by atoms with E-state index in [9.17, 15) is 31.9 Å². The first kappa shape index (κ1) is 22.4. The second-order valence-electron chi connectivity index (χ2n) is 5.95. The number of fused-ring (bicyclic) bond motifs is 1. The van der Waals surface area contributed by atoms with Crippen LogP contribution in [0.5, 0.6) is 34.5 Å². The Labute approximate surface area is 174 Å². The molecular weight excluding hydrogens is 432 g/mol. The van der Waals surface area contributed by atoms with Crippen LogP contribution in [0.25, 0.3) is 0 Å². The molecule has 0 saturated carbocycles. The molecule has 0 unspecified atom stereocenters. The van der Waals surface area contributed by atoms with Crippen LogP contribution in [0.2, 0.25) is 0 Å². The smallest absolute Gasteiger partial charge is 0.512 e. The molecule has 0 aromatic heterocycles. The zero-order chi connectivity index (χ0) is 23.2. The van der Waals surface area contributed by atoms with Gasteiger partial charge in [-0.1, -0.05) is 0 Å². The van der Waals surface area contributed by atoms with Crippen LogP contribution in [0, 0.1) is 0 Å². The topological polar surface area (TPSA) is 83.5 Å². The van der Waals surface area contributed by atoms with Gasteiger partial charge >= 0.3 is 18.6 Å². The molecule has 7 nitrogen and oxygen atoms in total. The summed E-state index contributed by atoms with van der Waals surface area (Å²) in [6.07, 6.45) is -9.17. The molecule has 6 radical (unpaired) electrons. The second kappa shape index (κ2) is 7.47. The summed E-state index contributed by atoms with van der Waals surface area (Å²) in [6, 6.07) is 4.21. The van der Waals surface area contributed by atoms with Gasteiger partial charge in [0.1, 0.15) is 40.6 Å². The number of alkyl halides is 5. The lowest BCUT2D eigenvalue weighted by Crippen LogP contribution is -2.37. The van der Waals surface area contributed by atoms with Gasteiger partial charge in [-0.25, -0.2) is 4.79 Å². The fourth-order valence-corrected chi connectivity index (χ4v) is 2.44. The standard InChI is InChI=1S/C16H6B3F5O7/c17-14(18,19)29-10-5-6(28-15(20,21)22)1-2-7(10)27-8-3-4-9-12(11(8)13(25)26)31-16(23,24)30-9/h1-5H,(H,25,26). The SMILES string of the molecule is [B]C([B])([B])Oc1cc(OC(F)(F)F)ccc1Oc1ccc2c(c1C(=O)O)OC(F)(F)O2. The van der Waals surface area contributed by atoms with E-state index in [1.807, 2.05) is 0 Å². The van der Waals surface area contributed by atoms with Crippen molar-refractivity contribution in [2.75, 3.05) is 0 Å². The molecule has 0 amide bonds. The first-order chi connectivity index (χ1) is 14.1. The highest BCUT2D eigenvalue weighted by Crippen LogP contribution is 2.48. The van der Waals surface area contributed by atoms with E-state index in [1.165, 1.54) is 0 Å². The maximum absolute atomic E-state index is 13.3. The number of carboxylic acids is 1. The summed E-state index contributed by atoms with van der Waals surface area (Å²) in [6.45, 7) is 0. The average molecular weight is 438 g/mol. The van der Waals surface area contributed by atoms with E-state index in [1.54, 1.807) is 0 Å². The van der Waals surface area contributed by atoms with Crippen LogP contribution >= 0.6 is 0 Å². The minimum absolute atomic E-state index is 0.437. The van der Waals surface area contributed by atoms with Gasteiger partial charge in [-0.05, 0) is 29.6 Å². The van der Waals surface area contributed by atoms with E-state index in [4.69, 9.17) is 33.0 Å². The molecule has 15 heteroatoms. The molecule has 156 valence electrons. The molecule has 0 spiro atoms. The van der Waals surface area contributed by atoms with Gasteiger partial charge < -0.3 is 28.8 Å². The highest BCUT2D eigenvalue weighted by atomic mass is 19.4. The van der Waals surface area contributed by atoms with E-state index in [0.29, 0.717) is 6.07 Å². The third-order valence-corrected chi connectivity index (χ3v) is 3.40. The van der Waals surface area contributed by atoms with Crippen molar-refractivity contribution in [1.82, 2.24) is 0 Å². The Hall–Kier alpha value is -3.25. The van der Waals surface area contributed by atoms with Crippen molar-refractivity contribution in [1.29, 1.82) is 0 Å². The molecule has 2 aromatic rings. The summed E-state index contributed by atoms with van der Waals surface area (Å²) < 4.78 is 86.4. The molecule has 2 aromatic carbocycles. The van der Waals surface area contributed by atoms with Gasteiger partial charge in [0.25, 0.3) is 0 Å². The number of hydrogen-bond donors (Lipinski definition) is 1. The normalized spacial score (nSPS) is 14.7. The highest BCUT2D eigenvalue weighted by Gasteiger charge is 2.46. The van der Waals surface area contributed by atoms with Crippen molar-refractivity contribution >= 4 is 29.5 Å². The predicted octanol–water partition coefficient (Wildman–Crippen LogP) is 2.89. The van der Waals surface area contributed by atoms with E-state index in [2.05, 4.69) is 14.2 Å². The third kappa shape index (κ3) is 5.47. The van der Waals surface area contributed by atoms with E-state index >= 15 is 0 Å². The van der Waals surface area contributed by atoms with Gasteiger partial charge in [0.15, 0.2) is 23.0 Å². The van der Waals surface area contributed by atoms with Crippen LogP contribution in [0.4, 0.5) is 22.0 Å². The van der Waals surface area contributed by atoms with Crippen molar-refractivity contribution < 1.29 is 55.5 Å². The van der Waals surface area contributed by atoms with Gasteiger partial charge in [-0.3, -0.25) is 0 Å². The van der Waals surface area contributed by atoms with Gasteiger partial charge in [0.05, 0.1) is 0 Å². The van der Waals surface area contributed by atoms with Gasteiger partial charge in [-0.15, -0.1) is 22.0 Å². The van der Waals surface area contributed by atoms with Crippen molar-refractivity contribution in [3.8, 4) is 34.5 Å². The Bertz CT molecular complexity index is 1020. The van der Waals surface area contributed by atoms with Gasteiger partial charge in [-0.2, -0.15) is 0 Å². The maximum Gasteiger partial charge on any atom is 0.586 e.